The number of H-pyrrole nitrogens is 1. The summed E-state index contributed by atoms with van der Waals surface area (Å²) < 4.78 is 29.2. The van der Waals surface area contributed by atoms with Crippen LogP contribution in [0.15, 0.2) is 59.4 Å². The molecular weight excluding hydrogens is 436 g/mol. The largest absolute Gasteiger partial charge is 0.364 e. The van der Waals surface area contributed by atoms with E-state index in [0.717, 1.165) is 28.2 Å². The van der Waals surface area contributed by atoms with Gasteiger partial charge in [0.05, 0.1) is 11.7 Å². The number of anilines is 1. The summed E-state index contributed by atoms with van der Waals surface area (Å²) in [6.07, 6.45) is 0. The van der Waals surface area contributed by atoms with E-state index < -0.39 is 0 Å². The van der Waals surface area contributed by atoms with E-state index in [1.807, 2.05) is 18.5 Å². The van der Waals surface area contributed by atoms with Gasteiger partial charge < -0.3 is 14.5 Å². The summed E-state index contributed by atoms with van der Waals surface area (Å²) in [6.45, 7) is 6.15. The number of aromatic amines is 1. The second-order valence-corrected chi connectivity index (χ2v) is 8.98. The molecule has 8 heteroatoms. The van der Waals surface area contributed by atoms with Gasteiger partial charge in [0.1, 0.15) is 28.6 Å². The maximum Gasteiger partial charge on any atom is 0.251 e. The lowest BCUT2D eigenvalue weighted by Crippen LogP contribution is -2.53. The normalized spacial score (nSPS) is 17.1. The molecule has 176 valence electrons. The molecular formula is C26H27F2N5O. The van der Waals surface area contributed by atoms with Gasteiger partial charge in [-0.15, -0.1) is 0 Å². The minimum atomic E-state index is -0.288. The third kappa shape index (κ3) is 3.98. The molecule has 1 aliphatic heterocycles. The van der Waals surface area contributed by atoms with E-state index in [2.05, 4.69) is 21.7 Å². The van der Waals surface area contributed by atoms with Crippen LogP contribution in [0.25, 0.3) is 11.2 Å². The van der Waals surface area contributed by atoms with Crippen LogP contribution in [0.5, 0.6) is 0 Å². The van der Waals surface area contributed by atoms with Crippen molar-refractivity contribution in [3.8, 4) is 0 Å². The summed E-state index contributed by atoms with van der Waals surface area (Å²) in [7, 11) is 1.89. The van der Waals surface area contributed by atoms with Gasteiger partial charge in [-0.05, 0) is 49.2 Å². The first-order valence-corrected chi connectivity index (χ1v) is 11.4. The molecule has 0 amide bonds. The summed E-state index contributed by atoms with van der Waals surface area (Å²) in [5.74, 6) is 0.254. The Labute approximate surface area is 196 Å². The van der Waals surface area contributed by atoms with Crippen LogP contribution in [0.4, 0.5) is 14.5 Å². The molecule has 1 aliphatic rings. The summed E-state index contributed by atoms with van der Waals surface area (Å²) in [5, 5.41) is 0. The number of halogens is 2. The van der Waals surface area contributed by atoms with Crippen molar-refractivity contribution in [1.29, 1.82) is 0 Å². The molecule has 4 aromatic rings. The van der Waals surface area contributed by atoms with Gasteiger partial charge in [-0.2, -0.15) is 0 Å². The van der Waals surface area contributed by atoms with Crippen LogP contribution in [0.1, 0.15) is 29.9 Å². The Kier molecular flexibility index (Phi) is 5.69. The van der Waals surface area contributed by atoms with Gasteiger partial charge in [0.2, 0.25) is 0 Å². The summed E-state index contributed by atoms with van der Waals surface area (Å²) in [4.78, 5) is 24.6. The molecule has 2 aromatic carbocycles. The number of rotatable bonds is 4. The highest BCUT2D eigenvalue weighted by molar-refractivity contribution is 5.86. The molecule has 34 heavy (non-hydrogen) atoms. The summed E-state index contributed by atoms with van der Waals surface area (Å²) >= 11 is 0. The molecule has 1 unspecified atom stereocenters. The molecule has 3 heterocycles. The van der Waals surface area contributed by atoms with Crippen LogP contribution in [0, 0.1) is 18.6 Å². The Morgan fingerprint density at radius 2 is 1.59 bits per heavy atom. The Hall–Kier alpha value is -3.52. The Bertz CT molecular complexity index is 1330. The first kappa shape index (κ1) is 22.3. The lowest BCUT2D eigenvalue weighted by molar-refractivity contribution is 0.188. The van der Waals surface area contributed by atoms with E-state index in [1.54, 1.807) is 30.3 Å². The Morgan fingerprint density at radius 1 is 1.00 bits per heavy atom. The van der Waals surface area contributed by atoms with Gasteiger partial charge in [0.15, 0.2) is 0 Å². The zero-order valence-electron chi connectivity index (χ0n) is 19.4. The minimum absolute atomic E-state index is 0.0875. The average molecular weight is 464 g/mol. The van der Waals surface area contributed by atoms with Crippen molar-refractivity contribution in [2.75, 3.05) is 24.5 Å². The van der Waals surface area contributed by atoms with Gasteiger partial charge >= 0.3 is 0 Å². The quantitative estimate of drug-likeness (QED) is 0.494. The molecule has 0 aliphatic carbocycles. The maximum absolute atomic E-state index is 13.6. The monoisotopic (exact) mass is 463 g/mol. The zero-order valence-corrected chi connectivity index (χ0v) is 19.4. The third-order valence-corrected chi connectivity index (χ3v) is 6.78. The molecule has 0 saturated carbocycles. The number of hydrogen-bond acceptors (Lipinski definition) is 4. The van der Waals surface area contributed by atoms with Crippen LogP contribution in [0.2, 0.25) is 0 Å². The Balaban J connectivity index is 1.49. The first-order chi connectivity index (χ1) is 16.3. The van der Waals surface area contributed by atoms with Crippen molar-refractivity contribution in [3.63, 3.8) is 0 Å². The van der Waals surface area contributed by atoms with Crippen LogP contribution in [0.3, 0.4) is 0 Å². The topological polar surface area (TPSA) is 57.2 Å². The molecule has 1 atom stereocenters. The van der Waals surface area contributed by atoms with E-state index in [1.165, 1.54) is 24.3 Å². The number of benzene rings is 2. The van der Waals surface area contributed by atoms with Crippen molar-refractivity contribution in [3.05, 3.63) is 93.5 Å². The number of nitrogens with one attached hydrogen (secondary N) is 1. The molecule has 0 spiro atoms. The van der Waals surface area contributed by atoms with Gasteiger partial charge in [0.25, 0.3) is 5.56 Å². The van der Waals surface area contributed by atoms with Crippen LogP contribution >= 0.6 is 0 Å². The fourth-order valence-electron chi connectivity index (χ4n) is 4.98. The van der Waals surface area contributed by atoms with E-state index >= 15 is 0 Å². The van der Waals surface area contributed by atoms with Crippen LogP contribution < -0.4 is 10.5 Å². The van der Waals surface area contributed by atoms with Crippen molar-refractivity contribution >= 4 is 16.9 Å². The molecule has 0 bridgehead atoms. The highest BCUT2D eigenvalue weighted by Crippen LogP contribution is 2.33. The maximum atomic E-state index is 13.6. The lowest BCUT2D eigenvalue weighted by Gasteiger charge is -2.44. The highest BCUT2D eigenvalue weighted by atomic mass is 19.1. The number of nitrogens with zero attached hydrogens (tertiary/aromatic N) is 4. The minimum Gasteiger partial charge on any atom is -0.364 e. The van der Waals surface area contributed by atoms with E-state index in [-0.39, 0.29) is 29.3 Å². The molecule has 6 nitrogen and oxygen atoms in total. The van der Waals surface area contributed by atoms with Crippen molar-refractivity contribution < 1.29 is 8.78 Å². The summed E-state index contributed by atoms with van der Waals surface area (Å²) in [5.41, 5.74) is 4.07. The first-order valence-electron chi connectivity index (χ1n) is 11.4. The number of fused-ring (bicyclic) bond motifs is 1. The fraction of sp³-hybridized carbons (Fsp3) is 0.308. The number of aryl methyl sites for hydroxylation is 2. The van der Waals surface area contributed by atoms with Crippen LogP contribution in [-0.4, -0.2) is 45.1 Å². The van der Waals surface area contributed by atoms with Crippen molar-refractivity contribution in [1.82, 2.24) is 19.4 Å². The van der Waals surface area contributed by atoms with E-state index in [9.17, 15) is 13.6 Å². The van der Waals surface area contributed by atoms with Gasteiger partial charge in [-0.1, -0.05) is 24.3 Å². The third-order valence-electron chi connectivity index (χ3n) is 6.78. The van der Waals surface area contributed by atoms with E-state index in [0.29, 0.717) is 25.3 Å². The molecule has 2 aromatic heterocycles. The number of imidazole rings is 1. The van der Waals surface area contributed by atoms with Gasteiger partial charge in [-0.25, -0.2) is 13.8 Å². The second-order valence-electron chi connectivity index (χ2n) is 8.98. The number of piperazine rings is 1. The highest BCUT2D eigenvalue weighted by Gasteiger charge is 2.32. The molecule has 5 rings (SSSR count). The molecule has 1 fully saturated rings. The molecule has 0 radical (unpaired) electrons. The van der Waals surface area contributed by atoms with Crippen LogP contribution in [-0.2, 0) is 7.05 Å². The number of pyridine rings is 1. The second kappa shape index (κ2) is 8.68. The lowest BCUT2D eigenvalue weighted by atomic mass is 9.95. The fourth-order valence-corrected chi connectivity index (χ4v) is 4.98. The SMILES string of the molecule is Cc1nc2c(N3CCN(C(c4ccc(F)cc4)c4ccc(F)cc4)CC3C)cc(=O)[nH]c2n1C. The van der Waals surface area contributed by atoms with E-state index in [4.69, 9.17) is 4.98 Å². The predicted molar refractivity (Wildman–Crippen MR) is 129 cm³/mol. The van der Waals surface area contributed by atoms with Gasteiger partial charge in [0, 0.05) is 38.8 Å². The standard InChI is InChI=1S/C26H27F2N5O/c1-16-15-32(25(18-4-8-20(27)9-5-18)19-6-10-21(28)11-7-19)12-13-33(16)22-14-23(34)30-26-24(22)29-17(2)31(26)3/h4-11,14,16,25H,12-13,15H2,1-3H3,(H,30,34). The number of aromatic nitrogens is 3. The molecule has 1 saturated heterocycles. The predicted octanol–water partition coefficient (Wildman–Crippen LogP) is 4.15. The smallest absolute Gasteiger partial charge is 0.251 e. The van der Waals surface area contributed by atoms with Crippen molar-refractivity contribution in [2.24, 2.45) is 7.05 Å². The molecule has 1 N–H and O–H groups in total. The summed E-state index contributed by atoms with van der Waals surface area (Å²) in [6, 6.07) is 14.6. The number of hydrogen-bond donors (Lipinski definition) is 1. The zero-order chi connectivity index (χ0) is 24.0. The average Bonchev–Trinajstić information content (AvgIpc) is 3.10. The Morgan fingerprint density at radius 3 is 2.15 bits per heavy atom. The van der Waals surface area contributed by atoms with Gasteiger partial charge in [-0.3, -0.25) is 9.69 Å². The van der Waals surface area contributed by atoms with Crippen molar-refractivity contribution in [2.45, 2.75) is 25.9 Å².